The minimum atomic E-state index is -0.530. The normalized spacial score (nSPS) is 22.3. The predicted molar refractivity (Wildman–Crippen MR) is 65.0 cm³/mol. The van der Waals surface area contributed by atoms with Crippen molar-refractivity contribution in [2.24, 2.45) is 0 Å². The maximum Gasteiger partial charge on any atom is 0.0815 e. The van der Waals surface area contributed by atoms with Gasteiger partial charge >= 0.3 is 0 Å². The number of rotatable bonds is 3. The van der Waals surface area contributed by atoms with Gasteiger partial charge in [0, 0.05) is 13.0 Å². The number of hydrogen-bond donors (Lipinski definition) is 1. The molecule has 1 saturated heterocycles. The van der Waals surface area contributed by atoms with Gasteiger partial charge in [0.15, 0.2) is 0 Å². The lowest BCUT2D eigenvalue weighted by Crippen LogP contribution is -2.11. The van der Waals surface area contributed by atoms with E-state index in [-0.39, 0.29) is 6.10 Å². The van der Waals surface area contributed by atoms with Gasteiger partial charge in [-0.1, -0.05) is 29.3 Å². The second-order valence-corrected chi connectivity index (χ2v) is 4.87. The highest BCUT2D eigenvalue weighted by Gasteiger charge is 2.20. The van der Waals surface area contributed by atoms with Crippen LogP contribution in [-0.4, -0.2) is 17.8 Å². The van der Waals surface area contributed by atoms with Crippen LogP contribution in [0.5, 0.6) is 0 Å². The summed E-state index contributed by atoms with van der Waals surface area (Å²) in [7, 11) is 0. The summed E-state index contributed by atoms with van der Waals surface area (Å²) in [4.78, 5) is 0. The maximum absolute atomic E-state index is 10.0. The molecule has 2 rings (SSSR count). The molecule has 0 radical (unpaired) electrons. The average molecular weight is 261 g/mol. The van der Waals surface area contributed by atoms with Crippen molar-refractivity contribution in [3.05, 3.63) is 33.8 Å². The number of benzene rings is 1. The Balaban J connectivity index is 2.02. The van der Waals surface area contributed by atoms with Crippen molar-refractivity contribution in [2.45, 2.75) is 31.5 Å². The van der Waals surface area contributed by atoms with Crippen LogP contribution in [0.1, 0.15) is 30.9 Å². The quantitative estimate of drug-likeness (QED) is 0.900. The molecule has 2 unspecified atom stereocenters. The molecule has 16 heavy (non-hydrogen) atoms. The van der Waals surface area contributed by atoms with E-state index < -0.39 is 6.10 Å². The molecular weight excluding hydrogens is 247 g/mol. The Hall–Kier alpha value is -0.280. The van der Waals surface area contributed by atoms with Gasteiger partial charge in [-0.3, -0.25) is 0 Å². The molecule has 0 bridgehead atoms. The molecule has 1 aromatic carbocycles. The van der Waals surface area contributed by atoms with Gasteiger partial charge in [-0.05, 0) is 30.5 Å². The first-order valence-corrected chi connectivity index (χ1v) is 6.17. The monoisotopic (exact) mass is 260 g/mol. The molecule has 1 aromatic rings. The highest BCUT2D eigenvalue weighted by molar-refractivity contribution is 6.42. The molecule has 0 aliphatic carbocycles. The van der Waals surface area contributed by atoms with Crippen LogP contribution in [0.3, 0.4) is 0 Å². The van der Waals surface area contributed by atoms with E-state index >= 15 is 0 Å². The highest BCUT2D eigenvalue weighted by Crippen LogP contribution is 2.29. The highest BCUT2D eigenvalue weighted by atomic mass is 35.5. The molecule has 1 aliphatic heterocycles. The van der Waals surface area contributed by atoms with Crippen molar-refractivity contribution < 1.29 is 9.84 Å². The third kappa shape index (κ3) is 2.89. The first-order chi connectivity index (χ1) is 7.66. The number of hydrogen-bond acceptors (Lipinski definition) is 2. The summed E-state index contributed by atoms with van der Waals surface area (Å²) < 4.78 is 5.48. The zero-order chi connectivity index (χ0) is 11.5. The van der Waals surface area contributed by atoms with Crippen LogP contribution in [0, 0.1) is 0 Å². The number of ether oxygens (including phenoxy) is 1. The topological polar surface area (TPSA) is 29.5 Å². The van der Waals surface area contributed by atoms with Gasteiger partial charge in [0.25, 0.3) is 0 Å². The molecule has 1 aliphatic rings. The van der Waals surface area contributed by atoms with Gasteiger partial charge in [0.05, 0.1) is 22.3 Å². The summed E-state index contributed by atoms with van der Waals surface area (Å²) in [5.41, 5.74) is 0.796. The van der Waals surface area contributed by atoms with Crippen LogP contribution in [0.4, 0.5) is 0 Å². The third-order valence-corrected chi connectivity index (χ3v) is 3.58. The third-order valence-electron chi connectivity index (χ3n) is 2.84. The van der Waals surface area contributed by atoms with Crippen LogP contribution in [0.2, 0.25) is 10.0 Å². The van der Waals surface area contributed by atoms with Gasteiger partial charge in [0.2, 0.25) is 0 Å². The fraction of sp³-hybridized carbons (Fsp3) is 0.500. The first kappa shape index (κ1) is 12.2. The predicted octanol–water partition coefficient (Wildman–Crippen LogP) is 3.60. The number of aliphatic hydroxyl groups is 1. The number of halogens is 2. The fourth-order valence-electron chi connectivity index (χ4n) is 1.93. The van der Waals surface area contributed by atoms with E-state index in [0.29, 0.717) is 16.5 Å². The minimum Gasteiger partial charge on any atom is -0.388 e. The molecule has 1 heterocycles. The van der Waals surface area contributed by atoms with Gasteiger partial charge in [-0.25, -0.2) is 0 Å². The average Bonchev–Trinajstić information content (AvgIpc) is 2.74. The van der Waals surface area contributed by atoms with Crippen molar-refractivity contribution in [1.82, 2.24) is 0 Å². The number of aliphatic hydroxyl groups excluding tert-OH is 1. The van der Waals surface area contributed by atoms with E-state index in [0.717, 1.165) is 25.0 Å². The maximum atomic E-state index is 10.0. The largest absolute Gasteiger partial charge is 0.388 e. The molecule has 1 fully saturated rings. The molecule has 2 nitrogen and oxygen atoms in total. The van der Waals surface area contributed by atoms with Gasteiger partial charge in [-0.2, -0.15) is 0 Å². The summed E-state index contributed by atoms with van der Waals surface area (Å²) in [6, 6.07) is 5.22. The Bertz CT molecular complexity index is 362. The van der Waals surface area contributed by atoms with E-state index in [1.807, 2.05) is 0 Å². The SMILES string of the molecule is OC(CC1CCCO1)c1ccc(Cl)c(Cl)c1. The van der Waals surface area contributed by atoms with E-state index in [4.69, 9.17) is 27.9 Å². The lowest BCUT2D eigenvalue weighted by atomic mass is 10.0. The molecule has 2 atom stereocenters. The molecule has 0 aromatic heterocycles. The summed E-state index contributed by atoms with van der Waals surface area (Å²) in [5, 5.41) is 11.0. The summed E-state index contributed by atoms with van der Waals surface area (Å²) >= 11 is 11.7. The van der Waals surface area contributed by atoms with E-state index in [9.17, 15) is 5.11 Å². The Morgan fingerprint density at radius 2 is 2.19 bits per heavy atom. The van der Waals surface area contributed by atoms with Gasteiger partial charge in [-0.15, -0.1) is 0 Å². The zero-order valence-electron chi connectivity index (χ0n) is 8.83. The van der Waals surface area contributed by atoms with Gasteiger partial charge in [0.1, 0.15) is 0 Å². The summed E-state index contributed by atoms with van der Waals surface area (Å²) in [6.45, 7) is 0.804. The van der Waals surface area contributed by atoms with Crippen molar-refractivity contribution in [3.63, 3.8) is 0 Å². The summed E-state index contributed by atoms with van der Waals surface area (Å²) in [6.07, 6.45) is 2.37. The van der Waals surface area contributed by atoms with Crippen LogP contribution < -0.4 is 0 Å². The van der Waals surface area contributed by atoms with Crippen molar-refractivity contribution in [3.8, 4) is 0 Å². The lowest BCUT2D eigenvalue weighted by Gasteiger charge is -2.15. The molecule has 4 heteroatoms. The molecule has 0 saturated carbocycles. The smallest absolute Gasteiger partial charge is 0.0815 e. The zero-order valence-corrected chi connectivity index (χ0v) is 10.3. The molecule has 0 amide bonds. The molecular formula is C12H14Cl2O2. The van der Waals surface area contributed by atoms with Crippen molar-refractivity contribution in [1.29, 1.82) is 0 Å². The molecule has 88 valence electrons. The van der Waals surface area contributed by atoms with Crippen molar-refractivity contribution in [2.75, 3.05) is 6.61 Å². The van der Waals surface area contributed by atoms with Crippen LogP contribution in [0.25, 0.3) is 0 Å². The Morgan fingerprint density at radius 3 is 2.81 bits per heavy atom. The second-order valence-electron chi connectivity index (χ2n) is 4.06. The van der Waals surface area contributed by atoms with Crippen LogP contribution in [-0.2, 0) is 4.74 Å². The molecule has 0 spiro atoms. The fourth-order valence-corrected chi connectivity index (χ4v) is 2.24. The Labute approximate surface area is 105 Å². The van der Waals surface area contributed by atoms with Gasteiger partial charge < -0.3 is 9.84 Å². The van der Waals surface area contributed by atoms with E-state index in [1.165, 1.54) is 0 Å². The first-order valence-electron chi connectivity index (χ1n) is 5.41. The Kier molecular flexibility index (Phi) is 4.09. The Morgan fingerprint density at radius 1 is 1.38 bits per heavy atom. The van der Waals surface area contributed by atoms with E-state index in [1.54, 1.807) is 18.2 Å². The minimum absolute atomic E-state index is 0.171. The second kappa shape index (κ2) is 5.37. The van der Waals surface area contributed by atoms with E-state index in [2.05, 4.69) is 0 Å². The molecule has 1 N–H and O–H groups in total. The summed E-state index contributed by atoms with van der Waals surface area (Å²) in [5.74, 6) is 0. The van der Waals surface area contributed by atoms with Crippen LogP contribution >= 0.6 is 23.2 Å². The van der Waals surface area contributed by atoms with Crippen molar-refractivity contribution >= 4 is 23.2 Å². The lowest BCUT2D eigenvalue weighted by molar-refractivity contribution is 0.0535. The van der Waals surface area contributed by atoms with Crippen LogP contribution in [0.15, 0.2) is 18.2 Å². The standard InChI is InChI=1S/C12H14Cl2O2/c13-10-4-3-8(6-11(10)14)12(15)7-9-2-1-5-16-9/h3-4,6,9,12,15H,1-2,5,7H2.